The zero-order valence-corrected chi connectivity index (χ0v) is 7.80. The summed E-state index contributed by atoms with van der Waals surface area (Å²) in [7, 11) is 0. The van der Waals surface area contributed by atoms with Crippen LogP contribution in [0.2, 0.25) is 0 Å². The lowest BCUT2D eigenvalue weighted by Gasteiger charge is -1.97. The smallest absolute Gasteiger partial charge is 0.270 e. The number of nitro groups is 1. The molecule has 74 valence electrons. The normalized spacial score (nSPS) is 10.7. The Morgan fingerprint density at radius 3 is 2.79 bits per heavy atom. The maximum atomic E-state index is 10.5. The highest BCUT2D eigenvalue weighted by Gasteiger charge is 2.05. The average Bonchev–Trinajstić information content (AvgIpc) is 2.14. The van der Waals surface area contributed by atoms with Gasteiger partial charge in [0.2, 0.25) is 0 Å². The number of hydrogen-bond acceptors (Lipinski definition) is 3. The molecular formula is C10H11NO3. The third kappa shape index (κ3) is 2.67. The predicted molar refractivity (Wildman–Crippen MR) is 54.0 cm³/mol. The molecule has 1 N–H and O–H groups in total. The molecule has 4 heteroatoms. The Morgan fingerprint density at radius 2 is 2.21 bits per heavy atom. The molecule has 0 aliphatic carbocycles. The molecule has 0 heterocycles. The average molecular weight is 193 g/mol. The van der Waals surface area contributed by atoms with E-state index in [-0.39, 0.29) is 12.3 Å². The fourth-order valence-corrected chi connectivity index (χ4v) is 1.18. The Morgan fingerprint density at radius 1 is 1.50 bits per heavy atom. The van der Waals surface area contributed by atoms with E-state index in [9.17, 15) is 10.1 Å². The predicted octanol–water partition coefficient (Wildman–Crippen LogP) is 1.91. The van der Waals surface area contributed by atoms with Crippen LogP contribution in [0, 0.1) is 17.0 Å². The Kier molecular flexibility index (Phi) is 3.36. The summed E-state index contributed by atoms with van der Waals surface area (Å²) >= 11 is 0. The summed E-state index contributed by atoms with van der Waals surface area (Å²) in [5, 5.41) is 19.1. The largest absolute Gasteiger partial charge is 0.392 e. The van der Waals surface area contributed by atoms with Crippen LogP contribution in [0.15, 0.2) is 24.3 Å². The third-order valence-corrected chi connectivity index (χ3v) is 1.71. The van der Waals surface area contributed by atoms with Crippen LogP contribution in [0.3, 0.4) is 0 Å². The number of nitro benzene ring substituents is 1. The molecule has 0 saturated carbocycles. The highest BCUT2D eigenvalue weighted by molar-refractivity contribution is 5.55. The van der Waals surface area contributed by atoms with Crippen LogP contribution in [0.4, 0.5) is 5.69 Å². The number of nitrogens with zero attached hydrogens (tertiary/aromatic N) is 1. The van der Waals surface area contributed by atoms with Crippen LogP contribution < -0.4 is 0 Å². The summed E-state index contributed by atoms with van der Waals surface area (Å²) in [6, 6.07) is 4.80. The summed E-state index contributed by atoms with van der Waals surface area (Å²) < 4.78 is 0. The van der Waals surface area contributed by atoms with Gasteiger partial charge < -0.3 is 5.11 Å². The lowest BCUT2D eigenvalue weighted by atomic mass is 10.1. The summed E-state index contributed by atoms with van der Waals surface area (Å²) in [4.78, 5) is 10.1. The van der Waals surface area contributed by atoms with E-state index in [1.54, 1.807) is 19.1 Å². The van der Waals surface area contributed by atoms with E-state index in [1.807, 2.05) is 6.07 Å². The monoisotopic (exact) mass is 193 g/mol. The Bertz CT molecular complexity index is 372. The van der Waals surface area contributed by atoms with Gasteiger partial charge in [-0.25, -0.2) is 0 Å². The van der Waals surface area contributed by atoms with Crippen molar-refractivity contribution >= 4 is 11.8 Å². The second-order valence-electron chi connectivity index (χ2n) is 2.94. The zero-order valence-electron chi connectivity index (χ0n) is 7.80. The fraction of sp³-hybridized carbons (Fsp3) is 0.200. The van der Waals surface area contributed by atoms with Gasteiger partial charge in [-0.3, -0.25) is 10.1 Å². The molecule has 1 aromatic rings. The molecule has 0 atom stereocenters. The molecule has 0 aromatic heterocycles. The van der Waals surface area contributed by atoms with Crippen LogP contribution in [-0.4, -0.2) is 16.6 Å². The highest BCUT2D eigenvalue weighted by atomic mass is 16.6. The van der Waals surface area contributed by atoms with Crippen molar-refractivity contribution in [3.8, 4) is 0 Å². The van der Waals surface area contributed by atoms with E-state index in [4.69, 9.17) is 5.11 Å². The molecule has 0 saturated heterocycles. The van der Waals surface area contributed by atoms with Crippen molar-refractivity contribution in [3.05, 3.63) is 45.5 Å². The van der Waals surface area contributed by atoms with Crippen molar-refractivity contribution in [1.82, 2.24) is 0 Å². The molecule has 0 radical (unpaired) electrons. The first-order chi connectivity index (χ1) is 6.63. The molecule has 0 fully saturated rings. The SMILES string of the molecule is Cc1cc(C=CCO)cc([N+](=O)[O-])c1. The second kappa shape index (κ2) is 4.53. The van der Waals surface area contributed by atoms with Gasteiger partial charge in [0.25, 0.3) is 5.69 Å². The van der Waals surface area contributed by atoms with Crippen LogP contribution in [0.5, 0.6) is 0 Å². The highest BCUT2D eigenvalue weighted by Crippen LogP contribution is 2.17. The number of aliphatic hydroxyl groups excluding tert-OH is 1. The Labute approximate surface area is 81.6 Å². The van der Waals surface area contributed by atoms with E-state index < -0.39 is 4.92 Å². The summed E-state index contributed by atoms with van der Waals surface area (Å²) in [6.07, 6.45) is 3.19. The maximum Gasteiger partial charge on any atom is 0.270 e. The minimum absolute atomic E-state index is 0.0677. The van der Waals surface area contributed by atoms with E-state index in [2.05, 4.69) is 0 Å². The van der Waals surface area contributed by atoms with E-state index in [1.165, 1.54) is 12.1 Å². The lowest BCUT2D eigenvalue weighted by Crippen LogP contribution is -1.89. The zero-order chi connectivity index (χ0) is 10.6. The van der Waals surface area contributed by atoms with Crippen LogP contribution in [-0.2, 0) is 0 Å². The lowest BCUT2D eigenvalue weighted by molar-refractivity contribution is -0.384. The molecule has 0 bridgehead atoms. The number of rotatable bonds is 3. The van der Waals surface area contributed by atoms with Crippen molar-refractivity contribution in [3.63, 3.8) is 0 Å². The van der Waals surface area contributed by atoms with Gasteiger partial charge in [0, 0.05) is 12.1 Å². The van der Waals surface area contributed by atoms with Gasteiger partial charge in [-0.2, -0.15) is 0 Å². The maximum absolute atomic E-state index is 10.5. The molecular weight excluding hydrogens is 182 g/mol. The summed E-state index contributed by atoms with van der Waals surface area (Å²) in [6.45, 7) is 1.73. The van der Waals surface area contributed by atoms with Gasteiger partial charge in [-0.05, 0) is 18.1 Å². The number of aliphatic hydroxyl groups is 1. The van der Waals surface area contributed by atoms with Gasteiger partial charge in [-0.1, -0.05) is 18.2 Å². The first-order valence-electron chi connectivity index (χ1n) is 4.17. The van der Waals surface area contributed by atoms with Gasteiger partial charge in [0.15, 0.2) is 0 Å². The number of non-ortho nitro benzene ring substituents is 1. The second-order valence-corrected chi connectivity index (χ2v) is 2.94. The van der Waals surface area contributed by atoms with Gasteiger partial charge >= 0.3 is 0 Å². The molecule has 0 unspecified atom stereocenters. The molecule has 0 amide bonds. The quantitative estimate of drug-likeness (QED) is 0.589. The van der Waals surface area contributed by atoms with Crippen LogP contribution >= 0.6 is 0 Å². The topological polar surface area (TPSA) is 63.4 Å². The van der Waals surface area contributed by atoms with E-state index in [0.717, 1.165) is 11.1 Å². The molecule has 1 rings (SSSR count). The minimum Gasteiger partial charge on any atom is -0.392 e. The molecule has 0 spiro atoms. The molecule has 0 aliphatic rings. The van der Waals surface area contributed by atoms with Crippen LogP contribution in [0.25, 0.3) is 6.08 Å². The summed E-state index contributed by atoms with van der Waals surface area (Å²) in [5.74, 6) is 0. The molecule has 1 aromatic carbocycles. The van der Waals surface area contributed by atoms with Crippen molar-refractivity contribution in [2.75, 3.05) is 6.61 Å². The minimum atomic E-state index is -0.427. The Hall–Kier alpha value is -1.68. The number of hydrogen-bond donors (Lipinski definition) is 1. The van der Waals surface area contributed by atoms with Crippen molar-refractivity contribution < 1.29 is 10.0 Å². The molecule has 4 nitrogen and oxygen atoms in total. The van der Waals surface area contributed by atoms with Crippen molar-refractivity contribution in [2.45, 2.75) is 6.92 Å². The van der Waals surface area contributed by atoms with E-state index >= 15 is 0 Å². The van der Waals surface area contributed by atoms with E-state index in [0.29, 0.717) is 0 Å². The fourth-order valence-electron chi connectivity index (χ4n) is 1.18. The standard InChI is InChI=1S/C10H11NO3/c1-8-5-9(3-2-4-12)7-10(6-8)11(13)14/h2-3,5-7,12H,4H2,1H3. The Balaban J connectivity index is 3.07. The van der Waals surface area contributed by atoms with Gasteiger partial charge in [0.05, 0.1) is 11.5 Å². The molecule has 14 heavy (non-hydrogen) atoms. The summed E-state index contributed by atoms with van der Waals surface area (Å²) in [5.41, 5.74) is 1.63. The van der Waals surface area contributed by atoms with Crippen molar-refractivity contribution in [1.29, 1.82) is 0 Å². The van der Waals surface area contributed by atoms with Gasteiger partial charge in [0.1, 0.15) is 0 Å². The number of benzene rings is 1. The number of aryl methyl sites for hydroxylation is 1. The first kappa shape index (κ1) is 10.4. The molecule has 0 aliphatic heterocycles. The van der Waals surface area contributed by atoms with Crippen molar-refractivity contribution in [2.24, 2.45) is 0 Å². The first-order valence-corrected chi connectivity index (χ1v) is 4.17. The third-order valence-electron chi connectivity index (χ3n) is 1.71. The van der Waals surface area contributed by atoms with Gasteiger partial charge in [-0.15, -0.1) is 0 Å². The van der Waals surface area contributed by atoms with Crippen LogP contribution in [0.1, 0.15) is 11.1 Å².